The van der Waals surface area contributed by atoms with Gasteiger partial charge in [-0.25, -0.2) is 0 Å². The summed E-state index contributed by atoms with van der Waals surface area (Å²) in [6.07, 6.45) is 2.65. The zero-order valence-electron chi connectivity index (χ0n) is 9.56. The van der Waals surface area contributed by atoms with Crippen molar-refractivity contribution in [3.05, 3.63) is 33.8 Å². The molecule has 0 fully saturated rings. The summed E-state index contributed by atoms with van der Waals surface area (Å²) < 4.78 is 0. The molecule has 0 radical (unpaired) electrons. The molecule has 0 atom stereocenters. The minimum atomic E-state index is 0.231. The highest BCUT2D eigenvalue weighted by atomic mass is 35.5. The predicted octanol–water partition coefficient (Wildman–Crippen LogP) is 4.33. The van der Waals surface area contributed by atoms with Gasteiger partial charge in [-0.05, 0) is 43.5 Å². The monoisotopic (exact) mass is 224 g/mol. The van der Waals surface area contributed by atoms with E-state index in [1.807, 2.05) is 26.0 Å². The van der Waals surface area contributed by atoms with Crippen molar-refractivity contribution in [2.45, 2.75) is 40.0 Å². The molecule has 0 unspecified atom stereocenters. The van der Waals surface area contributed by atoms with Crippen LogP contribution in [0.25, 0.3) is 0 Å². The van der Waals surface area contributed by atoms with Crippen LogP contribution in [0, 0.1) is 13.8 Å². The van der Waals surface area contributed by atoms with Crippen LogP contribution in [0.2, 0.25) is 5.02 Å². The molecule has 0 saturated heterocycles. The summed E-state index contributed by atoms with van der Waals surface area (Å²) in [7, 11) is 0. The van der Waals surface area contributed by atoms with Crippen LogP contribution in [0.15, 0.2) is 12.1 Å². The van der Waals surface area contributed by atoms with Crippen molar-refractivity contribution >= 4 is 17.4 Å². The molecule has 1 rings (SSSR count). The maximum absolute atomic E-state index is 11.8. The molecule has 0 amide bonds. The molecule has 0 saturated carbocycles. The van der Waals surface area contributed by atoms with Crippen LogP contribution in [0.3, 0.4) is 0 Å². The van der Waals surface area contributed by atoms with Gasteiger partial charge in [-0.1, -0.05) is 24.9 Å². The molecule has 82 valence electrons. The fraction of sp³-hybridized carbons (Fsp3) is 0.462. The summed E-state index contributed by atoms with van der Waals surface area (Å²) in [4.78, 5) is 11.8. The molecule has 0 aliphatic rings. The third-order valence-electron chi connectivity index (χ3n) is 2.56. The third kappa shape index (κ3) is 3.07. The predicted molar refractivity (Wildman–Crippen MR) is 64.8 cm³/mol. The molecule has 0 bridgehead atoms. The zero-order valence-corrected chi connectivity index (χ0v) is 10.3. The van der Waals surface area contributed by atoms with Gasteiger partial charge in [-0.2, -0.15) is 0 Å². The first-order chi connectivity index (χ1) is 7.06. The quantitative estimate of drug-likeness (QED) is 0.696. The van der Waals surface area contributed by atoms with E-state index >= 15 is 0 Å². The first-order valence-corrected chi connectivity index (χ1v) is 5.74. The molecule has 0 aliphatic carbocycles. The van der Waals surface area contributed by atoms with Crippen molar-refractivity contribution in [1.29, 1.82) is 0 Å². The van der Waals surface area contributed by atoms with Gasteiger partial charge in [0, 0.05) is 17.0 Å². The lowest BCUT2D eigenvalue weighted by atomic mass is 9.99. The summed E-state index contributed by atoms with van der Waals surface area (Å²) in [5.41, 5.74) is 2.78. The van der Waals surface area contributed by atoms with Crippen LogP contribution in [0.1, 0.15) is 47.7 Å². The molecule has 15 heavy (non-hydrogen) atoms. The van der Waals surface area contributed by atoms with Crippen molar-refractivity contribution in [3.8, 4) is 0 Å². The lowest BCUT2D eigenvalue weighted by molar-refractivity contribution is 0.0979. The lowest BCUT2D eigenvalue weighted by Gasteiger charge is -2.07. The van der Waals surface area contributed by atoms with E-state index in [9.17, 15) is 4.79 Å². The van der Waals surface area contributed by atoms with Crippen molar-refractivity contribution < 1.29 is 4.79 Å². The molecule has 0 N–H and O–H groups in total. The maximum Gasteiger partial charge on any atom is 0.163 e. The van der Waals surface area contributed by atoms with Gasteiger partial charge in [0.2, 0.25) is 0 Å². The average molecular weight is 225 g/mol. The Bertz CT molecular complexity index is 369. The summed E-state index contributed by atoms with van der Waals surface area (Å²) in [6, 6.07) is 3.77. The number of Topliss-reactive ketones (excluding diaryl/α,β-unsaturated/α-hetero) is 1. The second-order valence-electron chi connectivity index (χ2n) is 3.94. The fourth-order valence-corrected chi connectivity index (χ4v) is 1.77. The van der Waals surface area contributed by atoms with E-state index in [-0.39, 0.29) is 5.78 Å². The van der Waals surface area contributed by atoms with Crippen LogP contribution in [0.4, 0.5) is 0 Å². The standard InChI is InChI=1S/C13H17ClO/c1-4-5-6-13(15)11-7-10(3)12(14)8-9(11)2/h7-8H,4-6H2,1-3H3. The third-order valence-corrected chi connectivity index (χ3v) is 2.97. The highest BCUT2D eigenvalue weighted by Crippen LogP contribution is 2.21. The number of halogens is 1. The van der Waals surface area contributed by atoms with Gasteiger partial charge >= 0.3 is 0 Å². The largest absolute Gasteiger partial charge is 0.294 e. The topological polar surface area (TPSA) is 17.1 Å². The number of hydrogen-bond acceptors (Lipinski definition) is 1. The minimum Gasteiger partial charge on any atom is -0.294 e. The van der Waals surface area contributed by atoms with E-state index in [0.717, 1.165) is 34.6 Å². The normalized spacial score (nSPS) is 10.4. The van der Waals surface area contributed by atoms with Crippen molar-refractivity contribution in [3.63, 3.8) is 0 Å². The molecule has 0 aromatic heterocycles. The molecule has 0 aliphatic heterocycles. The molecule has 0 spiro atoms. The molecular formula is C13H17ClO. The van der Waals surface area contributed by atoms with Crippen LogP contribution in [0.5, 0.6) is 0 Å². The van der Waals surface area contributed by atoms with Crippen LogP contribution >= 0.6 is 11.6 Å². The van der Waals surface area contributed by atoms with Gasteiger partial charge in [-0.15, -0.1) is 0 Å². The lowest BCUT2D eigenvalue weighted by Crippen LogP contribution is -2.02. The Hall–Kier alpha value is -0.820. The van der Waals surface area contributed by atoms with Gasteiger partial charge in [0.25, 0.3) is 0 Å². The Morgan fingerprint density at radius 2 is 1.93 bits per heavy atom. The minimum absolute atomic E-state index is 0.231. The highest BCUT2D eigenvalue weighted by molar-refractivity contribution is 6.31. The maximum atomic E-state index is 11.8. The summed E-state index contributed by atoms with van der Waals surface area (Å²) in [5, 5.41) is 0.736. The van der Waals surface area contributed by atoms with Crippen LogP contribution in [-0.2, 0) is 0 Å². The second-order valence-corrected chi connectivity index (χ2v) is 4.35. The summed E-state index contributed by atoms with van der Waals surface area (Å²) in [5.74, 6) is 0.231. The molecule has 2 heteroatoms. The average Bonchev–Trinajstić information content (AvgIpc) is 2.20. The zero-order chi connectivity index (χ0) is 11.4. The summed E-state index contributed by atoms with van der Waals surface area (Å²) >= 11 is 5.98. The Kier molecular flexibility index (Phi) is 4.34. The number of carbonyl (C=O) groups excluding carboxylic acids is 1. The number of carbonyl (C=O) groups is 1. The van der Waals surface area contributed by atoms with Crippen LogP contribution in [-0.4, -0.2) is 5.78 Å². The van der Waals surface area contributed by atoms with Gasteiger partial charge in [-0.3, -0.25) is 4.79 Å². The van der Waals surface area contributed by atoms with Gasteiger partial charge in [0.1, 0.15) is 0 Å². The number of ketones is 1. The van der Waals surface area contributed by atoms with Gasteiger partial charge in [0.15, 0.2) is 5.78 Å². The van der Waals surface area contributed by atoms with E-state index in [4.69, 9.17) is 11.6 Å². The highest BCUT2D eigenvalue weighted by Gasteiger charge is 2.10. The fourth-order valence-electron chi connectivity index (χ4n) is 1.55. The second kappa shape index (κ2) is 5.32. The van der Waals surface area contributed by atoms with E-state index in [2.05, 4.69) is 6.92 Å². The van der Waals surface area contributed by atoms with E-state index < -0.39 is 0 Å². The van der Waals surface area contributed by atoms with E-state index in [1.165, 1.54) is 0 Å². The van der Waals surface area contributed by atoms with Crippen LogP contribution < -0.4 is 0 Å². The van der Waals surface area contributed by atoms with Gasteiger partial charge < -0.3 is 0 Å². The number of aryl methyl sites for hydroxylation is 2. The molecule has 1 aromatic carbocycles. The number of benzene rings is 1. The van der Waals surface area contributed by atoms with Crippen molar-refractivity contribution in [1.82, 2.24) is 0 Å². The Labute approximate surface area is 96.5 Å². The van der Waals surface area contributed by atoms with Crippen molar-refractivity contribution in [2.75, 3.05) is 0 Å². The molecular weight excluding hydrogens is 208 g/mol. The number of rotatable bonds is 4. The Balaban J connectivity index is 2.94. The Morgan fingerprint density at radius 1 is 1.27 bits per heavy atom. The van der Waals surface area contributed by atoms with E-state index in [0.29, 0.717) is 6.42 Å². The molecule has 1 aromatic rings. The first-order valence-electron chi connectivity index (χ1n) is 5.36. The molecule has 1 nitrogen and oxygen atoms in total. The number of hydrogen-bond donors (Lipinski definition) is 0. The molecule has 0 heterocycles. The first kappa shape index (κ1) is 12.3. The van der Waals surface area contributed by atoms with Crippen molar-refractivity contribution in [2.24, 2.45) is 0 Å². The van der Waals surface area contributed by atoms with Gasteiger partial charge in [0.05, 0.1) is 0 Å². The smallest absolute Gasteiger partial charge is 0.163 e. The van der Waals surface area contributed by atoms with E-state index in [1.54, 1.807) is 0 Å². The Morgan fingerprint density at radius 3 is 2.53 bits per heavy atom. The summed E-state index contributed by atoms with van der Waals surface area (Å²) in [6.45, 7) is 5.95. The SMILES string of the molecule is CCCCC(=O)c1cc(C)c(Cl)cc1C. The number of unbranched alkanes of at least 4 members (excludes halogenated alkanes) is 1.